The van der Waals surface area contributed by atoms with Gasteiger partial charge in [-0.25, -0.2) is 0 Å². The van der Waals surface area contributed by atoms with Crippen molar-refractivity contribution in [2.75, 3.05) is 13.7 Å². The van der Waals surface area contributed by atoms with Crippen molar-refractivity contribution < 1.29 is 19.7 Å². The quantitative estimate of drug-likeness (QED) is 0.649. The molecular formula is C19H30O4. The minimum atomic E-state index is -0.540. The van der Waals surface area contributed by atoms with Crippen LogP contribution < -0.4 is 4.74 Å². The van der Waals surface area contributed by atoms with Crippen LogP contribution in [0.2, 0.25) is 0 Å². The average Bonchev–Trinajstić information content (AvgIpc) is 2.57. The normalized spacial score (nSPS) is 16.0. The first kappa shape index (κ1) is 19.7. The number of hydrogen-bond donors (Lipinski definition) is 2. The fourth-order valence-corrected chi connectivity index (χ4v) is 2.31. The van der Waals surface area contributed by atoms with E-state index in [-0.39, 0.29) is 18.6 Å². The molecule has 2 N–H and O–H groups in total. The monoisotopic (exact) mass is 322 g/mol. The van der Waals surface area contributed by atoms with E-state index >= 15 is 0 Å². The van der Waals surface area contributed by atoms with Crippen molar-refractivity contribution in [1.82, 2.24) is 0 Å². The van der Waals surface area contributed by atoms with E-state index in [1.807, 2.05) is 51.1 Å². The maximum atomic E-state index is 10.2. The molecule has 0 aliphatic carbocycles. The van der Waals surface area contributed by atoms with Crippen LogP contribution in [0, 0.1) is 5.92 Å². The number of benzene rings is 1. The van der Waals surface area contributed by atoms with Gasteiger partial charge >= 0.3 is 0 Å². The lowest BCUT2D eigenvalue weighted by molar-refractivity contribution is 0.0224. The van der Waals surface area contributed by atoms with Crippen LogP contribution in [0.15, 0.2) is 35.9 Å². The molecule has 4 heteroatoms. The summed E-state index contributed by atoms with van der Waals surface area (Å²) in [6, 6.07) is 7.76. The van der Waals surface area contributed by atoms with Gasteiger partial charge in [0, 0.05) is 18.9 Å². The first-order valence-corrected chi connectivity index (χ1v) is 8.21. The van der Waals surface area contributed by atoms with Crippen LogP contribution in [0.1, 0.15) is 39.2 Å². The van der Waals surface area contributed by atoms with E-state index in [1.54, 1.807) is 7.11 Å². The predicted molar refractivity (Wildman–Crippen MR) is 92.5 cm³/mol. The molecule has 0 radical (unpaired) electrons. The Bertz CT molecular complexity index is 463. The van der Waals surface area contributed by atoms with E-state index in [1.165, 1.54) is 0 Å². The Morgan fingerprint density at radius 2 is 1.91 bits per heavy atom. The molecule has 4 nitrogen and oxygen atoms in total. The van der Waals surface area contributed by atoms with Crippen LogP contribution in [0.4, 0.5) is 0 Å². The number of rotatable bonds is 10. The summed E-state index contributed by atoms with van der Waals surface area (Å²) in [7, 11) is 1.64. The number of ether oxygens (including phenoxy) is 2. The number of aliphatic hydroxyl groups excluding tert-OH is 2. The summed E-state index contributed by atoms with van der Waals surface area (Å²) in [5.41, 5.74) is 1.97. The molecule has 0 bridgehead atoms. The van der Waals surface area contributed by atoms with E-state index in [9.17, 15) is 10.2 Å². The first-order valence-electron chi connectivity index (χ1n) is 8.21. The van der Waals surface area contributed by atoms with Crippen molar-refractivity contribution in [1.29, 1.82) is 0 Å². The van der Waals surface area contributed by atoms with E-state index in [2.05, 4.69) is 0 Å². The van der Waals surface area contributed by atoms with Crippen LogP contribution in [-0.2, 0) is 11.3 Å². The summed E-state index contributed by atoms with van der Waals surface area (Å²) in [5, 5.41) is 19.5. The van der Waals surface area contributed by atoms with Gasteiger partial charge in [-0.1, -0.05) is 25.1 Å². The molecule has 1 aromatic carbocycles. The van der Waals surface area contributed by atoms with Crippen molar-refractivity contribution in [3.8, 4) is 5.75 Å². The Morgan fingerprint density at radius 1 is 1.26 bits per heavy atom. The van der Waals surface area contributed by atoms with Crippen LogP contribution in [-0.4, -0.2) is 36.1 Å². The van der Waals surface area contributed by atoms with E-state index in [0.29, 0.717) is 13.0 Å². The smallest absolute Gasteiger partial charge is 0.118 e. The molecule has 0 aromatic heterocycles. The highest BCUT2D eigenvalue weighted by atomic mass is 16.5. The van der Waals surface area contributed by atoms with Crippen molar-refractivity contribution in [3.63, 3.8) is 0 Å². The fraction of sp³-hybridized carbons (Fsp3) is 0.579. The second-order valence-corrected chi connectivity index (χ2v) is 5.98. The molecule has 23 heavy (non-hydrogen) atoms. The highest BCUT2D eigenvalue weighted by Gasteiger charge is 2.14. The molecule has 3 atom stereocenters. The minimum Gasteiger partial charge on any atom is -0.497 e. The second-order valence-electron chi connectivity index (χ2n) is 5.98. The first-order chi connectivity index (χ1) is 11.0. The average molecular weight is 322 g/mol. The van der Waals surface area contributed by atoms with E-state index in [0.717, 1.165) is 23.3 Å². The summed E-state index contributed by atoms with van der Waals surface area (Å²) in [6.07, 6.45) is 2.77. The summed E-state index contributed by atoms with van der Waals surface area (Å²) < 4.78 is 10.9. The van der Waals surface area contributed by atoms with Gasteiger partial charge in [0.15, 0.2) is 0 Å². The molecule has 1 rings (SSSR count). The Labute approximate surface area is 139 Å². The maximum Gasteiger partial charge on any atom is 0.118 e. The highest BCUT2D eigenvalue weighted by molar-refractivity contribution is 5.26. The largest absolute Gasteiger partial charge is 0.497 e. The molecule has 0 amide bonds. The third-order valence-electron chi connectivity index (χ3n) is 4.03. The third kappa shape index (κ3) is 7.16. The second kappa shape index (κ2) is 10.4. The highest BCUT2D eigenvalue weighted by Crippen LogP contribution is 2.17. The number of methoxy groups -OCH3 is 1. The van der Waals surface area contributed by atoms with Gasteiger partial charge in [-0.3, -0.25) is 0 Å². The lowest BCUT2D eigenvalue weighted by atomic mass is 9.99. The van der Waals surface area contributed by atoms with Gasteiger partial charge < -0.3 is 19.7 Å². The summed E-state index contributed by atoms with van der Waals surface area (Å²) in [4.78, 5) is 0. The molecule has 1 aromatic rings. The Morgan fingerprint density at radius 3 is 2.43 bits per heavy atom. The molecule has 0 heterocycles. The van der Waals surface area contributed by atoms with Crippen molar-refractivity contribution >= 4 is 0 Å². The lowest BCUT2D eigenvalue weighted by Gasteiger charge is -2.19. The van der Waals surface area contributed by atoms with Gasteiger partial charge in [-0.05, 0) is 43.5 Å². The predicted octanol–water partition coefficient (Wildman–Crippen LogP) is 3.32. The Balaban J connectivity index is 2.43. The number of hydrogen-bond acceptors (Lipinski definition) is 4. The third-order valence-corrected chi connectivity index (χ3v) is 4.03. The molecule has 0 aliphatic rings. The molecular weight excluding hydrogens is 292 g/mol. The summed E-state index contributed by atoms with van der Waals surface area (Å²) >= 11 is 0. The van der Waals surface area contributed by atoms with Gasteiger partial charge in [0.05, 0.1) is 25.9 Å². The molecule has 0 fully saturated rings. The molecule has 0 unspecified atom stereocenters. The standard InChI is InChI=1S/C19H30O4/c1-5-16(12-20)10-14(2)19(21)11-15(3)23-13-17-6-8-18(22-4)9-7-17/h6-10,15-16,19-21H,5,11-13H2,1-4H3/b14-10+/t15-,16+,19-/m0/s1. The van der Waals surface area contributed by atoms with Crippen molar-refractivity contribution in [2.24, 2.45) is 5.92 Å². The zero-order chi connectivity index (χ0) is 17.2. The SMILES string of the molecule is CC[C@H](/C=C(\C)[C@@H](O)C[C@H](C)OCc1ccc(OC)cc1)CO. The summed E-state index contributed by atoms with van der Waals surface area (Å²) in [5.74, 6) is 0.938. The van der Waals surface area contributed by atoms with E-state index in [4.69, 9.17) is 9.47 Å². The van der Waals surface area contributed by atoms with Crippen LogP contribution >= 0.6 is 0 Å². The van der Waals surface area contributed by atoms with Crippen LogP contribution in [0.25, 0.3) is 0 Å². The maximum absolute atomic E-state index is 10.2. The van der Waals surface area contributed by atoms with Gasteiger partial charge in [0.25, 0.3) is 0 Å². The Hall–Kier alpha value is -1.36. The molecule has 0 spiro atoms. The zero-order valence-corrected chi connectivity index (χ0v) is 14.7. The van der Waals surface area contributed by atoms with Gasteiger partial charge in [0.2, 0.25) is 0 Å². The molecule has 0 saturated heterocycles. The minimum absolute atomic E-state index is 0.0512. The zero-order valence-electron chi connectivity index (χ0n) is 14.7. The fourth-order valence-electron chi connectivity index (χ4n) is 2.31. The molecule has 0 aliphatic heterocycles. The van der Waals surface area contributed by atoms with Crippen molar-refractivity contribution in [3.05, 3.63) is 41.5 Å². The van der Waals surface area contributed by atoms with Gasteiger partial charge in [0.1, 0.15) is 5.75 Å². The van der Waals surface area contributed by atoms with Crippen LogP contribution in [0.5, 0.6) is 5.75 Å². The molecule has 0 saturated carbocycles. The summed E-state index contributed by atoms with van der Waals surface area (Å²) in [6.45, 7) is 6.51. The molecule has 130 valence electrons. The Kier molecular flexibility index (Phi) is 8.92. The topological polar surface area (TPSA) is 58.9 Å². The lowest BCUT2D eigenvalue weighted by Crippen LogP contribution is -2.20. The van der Waals surface area contributed by atoms with Gasteiger partial charge in [-0.15, -0.1) is 0 Å². The van der Waals surface area contributed by atoms with Crippen LogP contribution in [0.3, 0.4) is 0 Å². The van der Waals surface area contributed by atoms with Crippen molar-refractivity contribution in [2.45, 2.75) is 52.4 Å². The number of aliphatic hydroxyl groups is 2. The van der Waals surface area contributed by atoms with Gasteiger partial charge in [-0.2, -0.15) is 0 Å². The van der Waals surface area contributed by atoms with E-state index < -0.39 is 6.10 Å².